The van der Waals surface area contributed by atoms with Crippen LogP contribution in [-0.2, 0) is 0 Å². The molecule has 6 aromatic heterocycles. The van der Waals surface area contributed by atoms with E-state index in [1.807, 2.05) is 12.4 Å². The van der Waals surface area contributed by atoms with Crippen LogP contribution in [0.25, 0.3) is 83.2 Å². The molecular weight excluding hydrogens is 765 g/mol. The molecule has 0 aliphatic carbocycles. The molecular formula is C53H34N6OSi. The van der Waals surface area contributed by atoms with Gasteiger partial charge in [0, 0.05) is 21.5 Å². The maximum Gasteiger partial charge on any atom is 0.221 e. The van der Waals surface area contributed by atoms with Crippen LogP contribution >= 0.6 is 0 Å². The van der Waals surface area contributed by atoms with Crippen molar-refractivity contribution in [3.63, 3.8) is 0 Å². The first-order valence-electron chi connectivity index (χ1n) is 20.5. The summed E-state index contributed by atoms with van der Waals surface area (Å²) in [6.07, 6.45) is 3.66. The SMILES string of the molecule is c1ccc([Si](c2ccccc2)(c2ccccc2)c2ccc3nc4n(-c5cc6c(cn5)oc5cnc(-n7c8ccccc8c8ccccc87)cc56)c5ccccc5n4c3c2)cc1. The van der Waals surface area contributed by atoms with Crippen LogP contribution in [0.3, 0.4) is 0 Å². The quantitative estimate of drug-likeness (QED) is 0.124. The molecule has 0 atom stereocenters. The molecule has 13 aromatic rings. The number of furan rings is 1. The van der Waals surface area contributed by atoms with Crippen molar-refractivity contribution in [3.8, 4) is 11.6 Å². The molecule has 6 heterocycles. The fourth-order valence-electron chi connectivity index (χ4n) is 9.90. The standard InChI is InChI=1S/C53H34N6OSi/c1-4-16-35(17-5-1)61(36-18-6-2-7-19-36,37-20-8-3-9-21-37)38-28-29-43-48(30-38)58-46-26-14-15-27-47(46)59(53(58)56-43)52-32-42-41-31-51(54-33-49(41)60-50(42)34-55-52)57-44-24-12-10-22-39(44)40-23-11-13-25-45(40)57/h1-34H. The number of nitrogens with zero attached hydrogens (tertiary/aromatic N) is 6. The normalized spacial score (nSPS) is 12.3. The molecule has 0 amide bonds. The number of para-hydroxylation sites is 4. The number of fused-ring (bicyclic) bond motifs is 11. The second kappa shape index (κ2) is 13.0. The first-order chi connectivity index (χ1) is 30.3. The molecule has 0 bridgehead atoms. The Morgan fingerprint density at radius 3 is 1.41 bits per heavy atom. The highest BCUT2D eigenvalue weighted by atomic mass is 28.3. The lowest BCUT2D eigenvalue weighted by Gasteiger charge is -2.34. The van der Waals surface area contributed by atoms with E-state index in [0.717, 1.165) is 61.3 Å². The zero-order chi connectivity index (χ0) is 40.1. The molecule has 0 N–H and O–H groups in total. The average Bonchev–Trinajstić information content (AvgIpc) is 4.07. The summed E-state index contributed by atoms with van der Waals surface area (Å²) in [4.78, 5) is 15.4. The third kappa shape index (κ3) is 4.82. The van der Waals surface area contributed by atoms with Crippen molar-refractivity contribution >= 4 is 100 Å². The highest BCUT2D eigenvalue weighted by Gasteiger charge is 2.41. The van der Waals surface area contributed by atoms with E-state index in [2.05, 4.69) is 208 Å². The second-order valence-corrected chi connectivity index (χ2v) is 19.5. The lowest BCUT2D eigenvalue weighted by atomic mass is 10.2. The summed E-state index contributed by atoms with van der Waals surface area (Å²) in [6, 6.07) is 69.9. The van der Waals surface area contributed by atoms with Crippen LogP contribution in [0.15, 0.2) is 211 Å². The first-order valence-corrected chi connectivity index (χ1v) is 22.5. The van der Waals surface area contributed by atoms with Crippen LogP contribution in [-0.4, -0.2) is 36.6 Å². The van der Waals surface area contributed by atoms with Crippen LogP contribution < -0.4 is 20.7 Å². The highest BCUT2D eigenvalue weighted by molar-refractivity contribution is 7.20. The van der Waals surface area contributed by atoms with Crippen molar-refractivity contribution in [2.75, 3.05) is 0 Å². The summed E-state index contributed by atoms with van der Waals surface area (Å²) in [5.74, 6) is 2.39. The lowest BCUT2D eigenvalue weighted by molar-refractivity contribution is 0.664. The Hall–Kier alpha value is -8.07. The Morgan fingerprint density at radius 1 is 0.377 bits per heavy atom. The summed E-state index contributed by atoms with van der Waals surface area (Å²) < 4.78 is 13.1. The minimum absolute atomic E-state index is 0.703. The van der Waals surface area contributed by atoms with E-state index in [0.29, 0.717) is 11.2 Å². The maximum atomic E-state index is 6.39. The van der Waals surface area contributed by atoms with Gasteiger partial charge in [-0.25, -0.2) is 15.0 Å². The summed E-state index contributed by atoms with van der Waals surface area (Å²) in [5, 5.41) is 9.60. The van der Waals surface area contributed by atoms with Gasteiger partial charge in [-0.1, -0.05) is 146 Å². The zero-order valence-electron chi connectivity index (χ0n) is 32.7. The van der Waals surface area contributed by atoms with Crippen LogP contribution in [0.2, 0.25) is 0 Å². The van der Waals surface area contributed by atoms with Gasteiger partial charge in [0.1, 0.15) is 11.6 Å². The summed E-state index contributed by atoms with van der Waals surface area (Å²) >= 11 is 0. The van der Waals surface area contributed by atoms with Crippen LogP contribution in [0, 0.1) is 0 Å². The molecule has 7 nitrogen and oxygen atoms in total. The monoisotopic (exact) mass is 798 g/mol. The molecule has 0 aliphatic heterocycles. The lowest BCUT2D eigenvalue weighted by Crippen LogP contribution is -2.74. The van der Waals surface area contributed by atoms with E-state index in [1.165, 1.54) is 31.5 Å². The number of pyridine rings is 2. The summed E-state index contributed by atoms with van der Waals surface area (Å²) in [7, 11) is -2.78. The molecule has 8 heteroatoms. The van der Waals surface area contributed by atoms with Crippen molar-refractivity contribution < 1.29 is 4.42 Å². The van der Waals surface area contributed by atoms with Crippen molar-refractivity contribution in [1.29, 1.82) is 0 Å². The number of aromatic nitrogens is 6. The largest absolute Gasteiger partial charge is 0.453 e. The molecule has 0 fully saturated rings. The Labute approximate surface area is 350 Å². The molecule has 0 radical (unpaired) electrons. The van der Waals surface area contributed by atoms with Gasteiger partial charge in [-0.05, 0) is 69.3 Å². The molecule has 7 aromatic carbocycles. The van der Waals surface area contributed by atoms with E-state index in [-0.39, 0.29) is 0 Å². The van der Waals surface area contributed by atoms with Gasteiger partial charge in [-0.3, -0.25) is 13.5 Å². The van der Waals surface area contributed by atoms with Gasteiger partial charge in [0.05, 0.1) is 45.5 Å². The first kappa shape index (κ1) is 33.9. The van der Waals surface area contributed by atoms with Gasteiger partial charge in [-0.2, -0.15) is 0 Å². The molecule has 0 spiro atoms. The van der Waals surface area contributed by atoms with Crippen LogP contribution in [0.1, 0.15) is 0 Å². The average molecular weight is 799 g/mol. The third-order valence-electron chi connectivity index (χ3n) is 12.5. The zero-order valence-corrected chi connectivity index (χ0v) is 33.7. The topological polar surface area (TPSA) is 66.1 Å². The van der Waals surface area contributed by atoms with Crippen molar-refractivity contribution in [2.24, 2.45) is 0 Å². The van der Waals surface area contributed by atoms with Gasteiger partial charge in [0.15, 0.2) is 19.2 Å². The maximum absolute atomic E-state index is 6.39. The number of imidazole rings is 2. The Balaban J connectivity index is 1.04. The number of hydrogen-bond acceptors (Lipinski definition) is 4. The van der Waals surface area contributed by atoms with E-state index >= 15 is 0 Å². The van der Waals surface area contributed by atoms with Crippen molar-refractivity contribution in [1.82, 2.24) is 28.5 Å². The predicted octanol–water partition coefficient (Wildman–Crippen LogP) is 9.60. The Morgan fingerprint density at radius 2 is 0.852 bits per heavy atom. The molecule has 0 unspecified atom stereocenters. The molecule has 0 saturated heterocycles. The highest BCUT2D eigenvalue weighted by Crippen LogP contribution is 2.36. The van der Waals surface area contributed by atoms with Crippen LogP contribution in [0.4, 0.5) is 0 Å². The van der Waals surface area contributed by atoms with E-state index < -0.39 is 8.07 Å². The fraction of sp³-hybridized carbons (Fsp3) is 0. The molecule has 13 rings (SSSR count). The van der Waals surface area contributed by atoms with Crippen molar-refractivity contribution in [3.05, 3.63) is 207 Å². The summed E-state index contributed by atoms with van der Waals surface area (Å²) in [6.45, 7) is 0. The van der Waals surface area contributed by atoms with E-state index in [9.17, 15) is 0 Å². The molecule has 0 aliphatic rings. The van der Waals surface area contributed by atoms with Gasteiger partial charge in [-0.15, -0.1) is 0 Å². The smallest absolute Gasteiger partial charge is 0.221 e. The minimum atomic E-state index is -2.78. The van der Waals surface area contributed by atoms with Gasteiger partial charge < -0.3 is 4.42 Å². The molecule has 286 valence electrons. The van der Waals surface area contributed by atoms with Gasteiger partial charge in [0.2, 0.25) is 5.78 Å². The van der Waals surface area contributed by atoms with Crippen LogP contribution in [0.5, 0.6) is 0 Å². The number of rotatable bonds is 6. The minimum Gasteiger partial charge on any atom is -0.453 e. The third-order valence-corrected chi connectivity index (χ3v) is 17.3. The molecule has 0 saturated carbocycles. The van der Waals surface area contributed by atoms with Gasteiger partial charge in [0.25, 0.3) is 0 Å². The van der Waals surface area contributed by atoms with E-state index in [1.54, 1.807) is 0 Å². The Kier molecular flexibility index (Phi) is 7.19. The number of benzene rings is 7. The molecule has 61 heavy (non-hydrogen) atoms. The predicted molar refractivity (Wildman–Crippen MR) is 250 cm³/mol. The second-order valence-electron chi connectivity index (χ2n) is 15.7. The Bertz CT molecular complexity index is 3680. The van der Waals surface area contributed by atoms with Crippen molar-refractivity contribution in [2.45, 2.75) is 0 Å². The fourth-order valence-corrected chi connectivity index (χ4v) is 14.7. The summed E-state index contributed by atoms with van der Waals surface area (Å²) in [5.41, 5.74) is 7.68. The number of hydrogen-bond donors (Lipinski definition) is 0. The van der Waals surface area contributed by atoms with E-state index in [4.69, 9.17) is 19.4 Å². The van der Waals surface area contributed by atoms with Gasteiger partial charge >= 0.3 is 0 Å².